The van der Waals surface area contributed by atoms with Crippen LogP contribution in [0.15, 0.2) is 24.3 Å². The minimum Gasteiger partial charge on any atom is -0.343 e. The van der Waals surface area contributed by atoms with Crippen molar-refractivity contribution in [2.75, 3.05) is 26.2 Å². The zero-order valence-electron chi connectivity index (χ0n) is 15.6. The number of hydrogen-bond acceptors (Lipinski definition) is 2. The molecule has 1 aromatic carbocycles. The minimum atomic E-state index is -0.181. The van der Waals surface area contributed by atoms with Crippen LogP contribution in [-0.4, -0.2) is 47.8 Å². The maximum atomic E-state index is 13.3. The van der Waals surface area contributed by atoms with Gasteiger partial charge in [0.15, 0.2) is 0 Å². The third-order valence-corrected chi connectivity index (χ3v) is 5.85. The largest absolute Gasteiger partial charge is 0.343 e. The number of likely N-dealkylation sites (tertiary alicyclic amines) is 2. The first-order valence-corrected chi connectivity index (χ1v) is 9.81. The van der Waals surface area contributed by atoms with Gasteiger partial charge in [0.2, 0.25) is 11.8 Å². The SMILES string of the molecule is CC(=O)N1CCC(C(=O)N2CCCC(CCc3cccc(F)c3)C2)CC1. The maximum absolute atomic E-state index is 13.3. The van der Waals surface area contributed by atoms with Crippen molar-refractivity contribution in [2.45, 2.75) is 45.4 Å². The molecule has 142 valence electrons. The van der Waals surface area contributed by atoms with E-state index in [0.29, 0.717) is 19.0 Å². The highest BCUT2D eigenvalue weighted by atomic mass is 19.1. The lowest BCUT2D eigenvalue weighted by Crippen LogP contribution is -2.47. The van der Waals surface area contributed by atoms with Crippen LogP contribution in [0.4, 0.5) is 4.39 Å². The van der Waals surface area contributed by atoms with Gasteiger partial charge in [0.25, 0.3) is 0 Å². The van der Waals surface area contributed by atoms with E-state index >= 15 is 0 Å². The summed E-state index contributed by atoms with van der Waals surface area (Å²) in [6.07, 6.45) is 5.61. The van der Waals surface area contributed by atoms with E-state index in [-0.39, 0.29) is 23.5 Å². The van der Waals surface area contributed by atoms with Gasteiger partial charge in [0.1, 0.15) is 5.82 Å². The van der Waals surface area contributed by atoms with Gasteiger partial charge in [-0.3, -0.25) is 9.59 Å². The van der Waals surface area contributed by atoms with Gasteiger partial charge in [-0.25, -0.2) is 4.39 Å². The van der Waals surface area contributed by atoms with Crippen LogP contribution in [-0.2, 0) is 16.0 Å². The molecule has 3 rings (SSSR count). The Morgan fingerprint density at radius 1 is 1.12 bits per heavy atom. The van der Waals surface area contributed by atoms with Crippen molar-refractivity contribution in [2.24, 2.45) is 11.8 Å². The van der Waals surface area contributed by atoms with Gasteiger partial charge in [0.05, 0.1) is 0 Å². The number of carbonyl (C=O) groups is 2. The van der Waals surface area contributed by atoms with Gasteiger partial charge in [0, 0.05) is 39.0 Å². The standard InChI is InChI=1S/C21H29FN2O2/c1-16(25)23-12-9-19(10-13-23)21(26)24-11-3-5-18(15-24)8-7-17-4-2-6-20(22)14-17/h2,4,6,14,18-19H,3,5,7-13,15H2,1H3. The number of amides is 2. The zero-order valence-corrected chi connectivity index (χ0v) is 15.6. The molecule has 0 aromatic heterocycles. The van der Waals surface area contributed by atoms with Gasteiger partial charge in [-0.15, -0.1) is 0 Å². The molecule has 0 saturated carbocycles. The summed E-state index contributed by atoms with van der Waals surface area (Å²) < 4.78 is 13.3. The fraction of sp³-hybridized carbons (Fsp3) is 0.619. The molecule has 2 saturated heterocycles. The molecule has 2 fully saturated rings. The smallest absolute Gasteiger partial charge is 0.225 e. The molecule has 0 aliphatic carbocycles. The number of aryl methyl sites for hydroxylation is 1. The van der Waals surface area contributed by atoms with E-state index in [2.05, 4.69) is 0 Å². The van der Waals surface area contributed by atoms with E-state index < -0.39 is 0 Å². The third kappa shape index (κ3) is 4.83. The summed E-state index contributed by atoms with van der Waals surface area (Å²) in [4.78, 5) is 28.2. The van der Waals surface area contributed by atoms with E-state index in [1.54, 1.807) is 19.1 Å². The van der Waals surface area contributed by atoms with E-state index in [9.17, 15) is 14.0 Å². The van der Waals surface area contributed by atoms with E-state index in [1.165, 1.54) is 6.07 Å². The number of carbonyl (C=O) groups excluding carboxylic acids is 2. The van der Waals surface area contributed by atoms with Crippen molar-refractivity contribution >= 4 is 11.8 Å². The number of nitrogens with zero attached hydrogens (tertiary/aromatic N) is 2. The first kappa shape index (κ1) is 18.9. The van der Waals surface area contributed by atoms with Gasteiger partial charge >= 0.3 is 0 Å². The summed E-state index contributed by atoms with van der Waals surface area (Å²) in [5.74, 6) is 0.746. The van der Waals surface area contributed by atoms with Gasteiger partial charge in [-0.2, -0.15) is 0 Å². The molecule has 1 unspecified atom stereocenters. The fourth-order valence-electron chi connectivity index (χ4n) is 4.26. The Kier molecular flexibility index (Phi) is 6.28. The Hall–Kier alpha value is -1.91. The van der Waals surface area contributed by atoms with Crippen molar-refractivity contribution < 1.29 is 14.0 Å². The van der Waals surface area contributed by atoms with E-state index in [0.717, 1.165) is 57.2 Å². The number of rotatable bonds is 4. The summed E-state index contributed by atoms with van der Waals surface area (Å²) >= 11 is 0. The highest BCUT2D eigenvalue weighted by Crippen LogP contribution is 2.26. The van der Waals surface area contributed by atoms with Crippen molar-refractivity contribution in [3.8, 4) is 0 Å². The van der Waals surface area contributed by atoms with E-state index in [1.807, 2.05) is 15.9 Å². The first-order valence-electron chi connectivity index (χ1n) is 9.81. The number of piperidine rings is 2. The Morgan fingerprint density at radius 3 is 2.58 bits per heavy atom. The molecule has 5 heteroatoms. The van der Waals surface area contributed by atoms with Crippen molar-refractivity contribution in [3.05, 3.63) is 35.6 Å². The molecule has 26 heavy (non-hydrogen) atoms. The van der Waals surface area contributed by atoms with Crippen LogP contribution in [0, 0.1) is 17.7 Å². The van der Waals surface area contributed by atoms with Crippen LogP contribution in [0.25, 0.3) is 0 Å². The highest BCUT2D eigenvalue weighted by Gasteiger charge is 2.31. The fourth-order valence-corrected chi connectivity index (χ4v) is 4.26. The van der Waals surface area contributed by atoms with Gasteiger partial charge < -0.3 is 9.80 Å². The van der Waals surface area contributed by atoms with Crippen LogP contribution in [0.2, 0.25) is 0 Å². The second-order valence-corrected chi connectivity index (χ2v) is 7.74. The second kappa shape index (κ2) is 8.65. The molecule has 0 N–H and O–H groups in total. The molecule has 2 amide bonds. The maximum Gasteiger partial charge on any atom is 0.225 e. The summed E-state index contributed by atoms with van der Waals surface area (Å²) in [6.45, 7) is 4.66. The number of hydrogen-bond donors (Lipinski definition) is 0. The van der Waals surface area contributed by atoms with Crippen LogP contribution in [0.1, 0.15) is 44.6 Å². The van der Waals surface area contributed by atoms with Crippen LogP contribution >= 0.6 is 0 Å². The van der Waals surface area contributed by atoms with Gasteiger partial charge in [-0.05, 0) is 62.1 Å². The minimum absolute atomic E-state index is 0.0626. The summed E-state index contributed by atoms with van der Waals surface area (Å²) in [6, 6.07) is 6.81. The molecule has 0 bridgehead atoms. The number of halogens is 1. The Labute approximate surface area is 155 Å². The molecule has 1 atom stereocenters. The summed E-state index contributed by atoms with van der Waals surface area (Å²) in [5, 5.41) is 0. The van der Waals surface area contributed by atoms with E-state index in [4.69, 9.17) is 0 Å². The lowest BCUT2D eigenvalue weighted by Gasteiger charge is -2.37. The lowest BCUT2D eigenvalue weighted by molar-refractivity contribution is -0.141. The summed E-state index contributed by atoms with van der Waals surface area (Å²) in [5.41, 5.74) is 1.03. The molecule has 2 aliphatic rings. The Morgan fingerprint density at radius 2 is 1.88 bits per heavy atom. The molecule has 0 spiro atoms. The molecule has 0 radical (unpaired) electrons. The number of benzene rings is 1. The monoisotopic (exact) mass is 360 g/mol. The topological polar surface area (TPSA) is 40.6 Å². The van der Waals surface area contributed by atoms with Crippen molar-refractivity contribution in [3.63, 3.8) is 0 Å². The lowest BCUT2D eigenvalue weighted by atomic mass is 9.89. The van der Waals surface area contributed by atoms with Gasteiger partial charge in [-0.1, -0.05) is 12.1 Å². The molecular weight excluding hydrogens is 331 g/mol. The second-order valence-electron chi connectivity index (χ2n) is 7.74. The van der Waals surface area contributed by atoms with Crippen molar-refractivity contribution in [1.29, 1.82) is 0 Å². The average Bonchev–Trinajstić information content (AvgIpc) is 2.66. The molecular formula is C21H29FN2O2. The average molecular weight is 360 g/mol. The molecule has 2 heterocycles. The van der Waals surface area contributed by atoms with Crippen LogP contribution < -0.4 is 0 Å². The first-order chi connectivity index (χ1) is 12.5. The Bertz CT molecular complexity index is 641. The van der Waals surface area contributed by atoms with Crippen LogP contribution in [0.5, 0.6) is 0 Å². The third-order valence-electron chi connectivity index (χ3n) is 5.85. The quantitative estimate of drug-likeness (QED) is 0.827. The molecule has 1 aromatic rings. The predicted octanol–water partition coefficient (Wildman–Crippen LogP) is 3.26. The molecule has 2 aliphatic heterocycles. The van der Waals surface area contributed by atoms with Crippen LogP contribution in [0.3, 0.4) is 0 Å². The summed E-state index contributed by atoms with van der Waals surface area (Å²) in [7, 11) is 0. The Balaban J connectivity index is 1.48. The normalized spacial score (nSPS) is 21.7. The zero-order chi connectivity index (χ0) is 18.5. The predicted molar refractivity (Wildman–Crippen MR) is 99.0 cm³/mol. The molecule has 4 nitrogen and oxygen atoms in total. The van der Waals surface area contributed by atoms with Crippen molar-refractivity contribution in [1.82, 2.24) is 9.80 Å². The highest BCUT2D eigenvalue weighted by molar-refractivity contribution is 5.79.